The summed E-state index contributed by atoms with van der Waals surface area (Å²) in [6, 6.07) is 5.18. The van der Waals surface area contributed by atoms with Crippen molar-refractivity contribution in [3.05, 3.63) is 18.2 Å². The van der Waals surface area contributed by atoms with Gasteiger partial charge in [0, 0.05) is 24.5 Å². The molecule has 0 aromatic heterocycles. The van der Waals surface area contributed by atoms with Gasteiger partial charge in [-0.15, -0.1) is 0 Å². The number of nitrogen functional groups attached to an aromatic ring is 1. The predicted molar refractivity (Wildman–Crippen MR) is 83.3 cm³/mol. The molecule has 0 bridgehead atoms. The fraction of sp³-hybridized carbons (Fsp3) is 0.500. The molecule has 3 N–H and O–H groups in total. The van der Waals surface area contributed by atoms with Crippen LogP contribution in [-0.2, 0) is 10.0 Å². The number of nitrogens with one attached hydrogen (secondary N) is 1. The van der Waals surface area contributed by atoms with Crippen LogP contribution in [0, 0.1) is 0 Å². The van der Waals surface area contributed by atoms with Gasteiger partial charge in [-0.3, -0.25) is 0 Å². The van der Waals surface area contributed by atoms with Gasteiger partial charge in [-0.1, -0.05) is 0 Å². The molecule has 108 valence electrons. The molecule has 7 heteroatoms. The SMILES string of the molecule is CNS(=O)(=O)c1cc(N)ccc1N(C)C(C)CSC. The third-order valence-corrected chi connectivity index (χ3v) is 5.25. The number of hydrogen-bond donors (Lipinski definition) is 2. The molecule has 0 saturated carbocycles. The smallest absolute Gasteiger partial charge is 0.242 e. The van der Waals surface area contributed by atoms with Crippen LogP contribution >= 0.6 is 11.8 Å². The summed E-state index contributed by atoms with van der Waals surface area (Å²) in [6.07, 6.45) is 2.03. The van der Waals surface area contributed by atoms with Gasteiger partial charge in [-0.25, -0.2) is 13.1 Å². The van der Waals surface area contributed by atoms with E-state index in [1.54, 1.807) is 23.9 Å². The zero-order chi connectivity index (χ0) is 14.6. The highest BCUT2D eigenvalue weighted by molar-refractivity contribution is 7.98. The zero-order valence-corrected chi connectivity index (χ0v) is 13.3. The normalized spacial score (nSPS) is 13.3. The Bertz CT molecular complexity index is 532. The molecule has 0 radical (unpaired) electrons. The fourth-order valence-corrected chi connectivity index (χ4v) is 3.44. The second kappa shape index (κ2) is 6.49. The molecule has 0 aliphatic heterocycles. The van der Waals surface area contributed by atoms with Crippen molar-refractivity contribution < 1.29 is 8.42 Å². The Kier molecular flexibility index (Phi) is 5.51. The van der Waals surface area contributed by atoms with Crippen LogP contribution in [0.2, 0.25) is 0 Å². The molecule has 0 fully saturated rings. The van der Waals surface area contributed by atoms with Crippen molar-refractivity contribution in [1.82, 2.24) is 4.72 Å². The van der Waals surface area contributed by atoms with E-state index >= 15 is 0 Å². The molecular formula is C12H21N3O2S2. The molecule has 0 spiro atoms. The largest absolute Gasteiger partial charge is 0.399 e. The maximum atomic E-state index is 12.1. The molecule has 1 aromatic rings. The van der Waals surface area contributed by atoms with Crippen molar-refractivity contribution in [1.29, 1.82) is 0 Å². The molecule has 1 aromatic carbocycles. The molecule has 5 nitrogen and oxygen atoms in total. The molecule has 0 amide bonds. The number of benzene rings is 1. The lowest BCUT2D eigenvalue weighted by molar-refractivity contribution is 0.587. The first kappa shape index (κ1) is 16.1. The number of hydrogen-bond acceptors (Lipinski definition) is 5. The highest BCUT2D eigenvalue weighted by Crippen LogP contribution is 2.28. The quantitative estimate of drug-likeness (QED) is 0.776. The fourth-order valence-electron chi connectivity index (χ4n) is 1.74. The molecule has 19 heavy (non-hydrogen) atoms. The van der Waals surface area contributed by atoms with Gasteiger partial charge in [0.05, 0.1) is 5.69 Å². The molecule has 0 aliphatic rings. The van der Waals surface area contributed by atoms with Crippen LogP contribution in [0.4, 0.5) is 11.4 Å². The van der Waals surface area contributed by atoms with Crippen LogP contribution in [0.1, 0.15) is 6.92 Å². The first-order valence-electron chi connectivity index (χ1n) is 5.88. The summed E-state index contributed by atoms with van der Waals surface area (Å²) in [4.78, 5) is 2.17. The summed E-state index contributed by atoms with van der Waals surface area (Å²) in [6.45, 7) is 2.06. The molecule has 1 atom stereocenters. The Morgan fingerprint density at radius 1 is 1.47 bits per heavy atom. The Hall–Kier alpha value is -0.920. The first-order valence-corrected chi connectivity index (χ1v) is 8.76. The van der Waals surface area contributed by atoms with E-state index in [0.717, 1.165) is 5.75 Å². The molecular weight excluding hydrogens is 282 g/mol. The van der Waals surface area contributed by atoms with Crippen molar-refractivity contribution >= 4 is 33.2 Å². The molecule has 0 saturated heterocycles. The Morgan fingerprint density at radius 2 is 2.11 bits per heavy atom. The molecule has 1 unspecified atom stereocenters. The standard InChI is InChI=1S/C12H21N3O2S2/c1-9(8-18-4)15(3)11-6-5-10(13)7-12(11)19(16,17)14-2/h5-7,9,14H,8,13H2,1-4H3. The highest BCUT2D eigenvalue weighted by atomic mass is 32.2. The number of thioether (sulfide) groups is 1. The lowest BCUT2D eigenvalue weighted by Gasteiger charge is -2.28. The minimum Gasteiger partial charge on any atom is -0.399 e. The minimum absolute atomic E-state index is 0.213. The third kappa shape index (κ3) is 3.77. The Balaban J connectivity index is 3.28. The summed E-state index contributed by atoms with van der Waals surface area (Å²) in [5, 5.41) is 0. The van der Waals surface area contributed by atoms with Crippen LogP contribution in [0.25, 0.3) is 0 Å². The van der Waals surface area contributed by atoms with E-state index in [2.05, 4.69) is 11.6 Å². The van der Waals surface area contributed by atoms with Gasteiger partial charge in [0.1, 0.15) is 4.90 Å². The highest BCUT2D eigenvalue weighted by Gasteiger charge is 2.21. The summed E-state index contributed by atoms with van der Waals surface area (Å²) in [7, 11) is -0.237. The van der Waals surface area contributed by atoms with Crippen LogP contribution < -0.4 is 15.4 Å². The second-order valence-corrected chi connectivity index (χ2v) is 7.12. The average molecular weight is 303 g/mol. The number of rotatable bonds is 6. The van der Waals surface area contributed by atoms with Crippen molar-refractivity contribution in [3.63, 3.8) is 0 Å². The van der Waals surface area contributed by atoms with E-state index in [4.69, 9.17) is 5.73 Å². The van der Waals surface area contributed by atoms with Crippen molar-refractivity contribution in [2.24, 2.45) is 0 Å². The van der Waals surface area contributed by atoms with Gasteiger partial charge in [-0.05, 0) is 38.4 Å². The maximum Gasteiger partial charge on any atom is 0.242 e. The van der Waals surface area contributed by atoms with E-state index < -0.39 is 10.0 Å². The van der Waals surface area contributed by atoms with Crippen LogP contribution in [0.15, 0.2) is 23.1 Å². The average Bonchev–Trinajstić information content (AvgIpc) is 2.38. The van der Waals surface area contributed by atoms with E-state index in [0.29, 0.717) is 11.4 Å². The monoisotopic (exact) mass is 303 g/mol. The number of nitrogens with zero attached hydrogens (tertiary/aromatic N) is 1. The van der Waals surface area contributed by atoms with E-state index in [1.807, 2.05) is 18.2 Å². The van der Waals surface area contributed by atoms with E-state index in [1.165, 1.54) is 13.1 Å². The van der Waals surface area contributed by atoms with E-state index in [9.17, 15) is 8.42 Å². The summed E-state index contributed by atoms with van der Waals surface area (Å²) < 4.78 is 26.5. The maximum absolute atomic E-state index is 12.1. The van der Waals surface area contributed by atoms with Crippen LogP contribution in [-0.4, -0.2) is 40.6 Å². The summed E-state index contributed by atoms with van der Waals surface area (Å²) in [5.41, 5.74) is 6.79. The number of anilines is 2. The number of sulfonamides is 1. The van der Waals surface area contributed by atoms with Gasteiger partial charge in [0.25, 0.3) is 0 Å². The Labute approximate surface area is 119 Å². The second-order valence-electron chi connectivity index (χ2n) is 4.35. The van der Waals surface area contributed by atoms with Gasteiger partial charge in [0.2, 0.25) is 10.0 Å². The lowest BCUT2D eigenvalue weighted by Crippen LogP contribution is -2.33. The minimum atomic E-state index is -3.52. The van der Waals surface area contributed by atoms with Crippen LogP contribution in [0.5, 0.6) is 0 Å². The molecule has 0 heterocycles. The van der Waals surface area contributed by atoms with Crippen molar-refractivity contribution in [2.75, 3.05) is 36.7 Å². The van der Waals surface area contributed by atoms with Crippen molar-refractivity contribution in [3.8, 4) is 0 Å². The van der Waals surface area contributed by atoms with Gasteiger partial charge in [0.15, 0.2) is 0 Å². The number of nitrogens with two attached hydrogens (primary N) is 1. The predicted octanol–water partition coefficient (Wildman–Crippen LogP) is 1.36. The van der Waals surface area contributed by atoms with Gasteiger partial charge >= 0.3 is 0 Å². The zero-order valence-electron chi connectivity index (χ0n) is 11.7. The van der Waals surface area contributed by atoms with Gasteiger partial charge < -0.3 is 10.6 Å². The lowest BCUT2D eigenvalue weighted by atomic mass is 10.2. The molecule has 1 rings (SSSR count). The first-order chi connectivity index (χ1) is 8.83. The summed E-state index contributed by atoms with van der Waals surface area (Å²) in [5.74, 6) is 0.917. The third-order valence-electron chi connectivity index (χ3n) is 2.99. The summed E-state index contributed by atoms with van der Waals surface area (Å²) >= 11 is 1.72. The molecule has 0 aliphatic carbocycles. The Morgan fingerprint density at radius 3 is 2.63 bits per heavy atom. The van der Waals surface area contributed by atoms with Crippen LogP contribution in [0.3, 0.4) is 0 Å². The van der Waals surface area contributed by atoms with Gasteiger partial charge in [-0.2, -0.15) is 11.8 Å². The topological polar surface area (TPSA) is 75.4 Å². The van der Waals surface area contributed by atoms with E-state index in [-0.39, 0.29) is 10.9 Å². The van der Waals surface area contributed by atoms with Crippen molar-refractivity contribution in [2.45, 2.75) is 17.9 Å².